The summed E-state index contributed by atoms with van der Waals surface area (Å²) >= 11 is 5.93. The molecule has 0 saturated heterocycles. The molecule has 0 amide bonds. The van der Waals surface area contributed by atoms with Crippen molar-refractivity contribution < 1.29 is 13.6 Å². The number of rotatable bonds is 2. The number of furan rings is 1. The molecule has 20 heavy (non-hydrogen) atoms. The zero-order valence-corrected chi connectivity index (χ0v) is 11.4. The van der Waals surface area contributed by atoms with Gasteiger partial charge in [-0.2, -0.15) is 0 Å². The summed E-state index contributed by atoms with van der Waals surface area (Å²) in [5.74, 6) is -0.652. The Morgan fingerprint density at radius 1 is 1.20 bits per heavy atom. The molecule has 0 fully saturated rings. The predicted octanol–water partition coefficient (Wildman–Crippen LogP) is 4.76. The molecule has 0 aliphatic carbocycles. The van der Waals surface area contributed by atoms with E-state index in [1.165, 1.54) is 6.07 Å². The molecule has 2 aromatic carbocycles. The highest BCUT2D eigenvalue weighted by Crippen LogP contribution is 2.25. The molecule has 4 heteroatoms. The van der Waals surface area contributed by atoms with Crippen LogP contribution in [-0.4, -0.2) is 5.78 Å². The number of carbonyl (C=O) groups excluding carboxylic acids is 1. The number of hydrogen-bond acceptors (Lipinski definition) is 2. The van der Waals surface area contributed by atoms with Crippen LogP contribution < -0.4 is 0 Å². The molecule has 0 N–H and O–H groups in total. The maximum Gasteiger partial charge on any atom is 0.228 e. The number of aryl methyl sites for hydroxylation is 1. The molecule has 0 aliphatic rings. The van der Waals surface area contributed by atoms with Gasteiger partial charge in [0.2, 0.25) is 5.78 Å². The highest BCUT2D eigenvalue weighted by atomic mass is 35.5. The minimum Gasteiger partial charge on any atom is -0.449 e. The minimum absolute atomic E-state index is 0.0986. The fourth-order valence-corrected chi connectivity index (χ4v) is 2.19. The highest BCUT2D eigenvalue weighted by Gasteiger charge is 2.16. The molecule has 0 bridgehead atoms. The van der Waals surface area contributed by atoms with Crippen molar-refractivity contribution in [3.8, 4) is 0 Å². The van der Waals surface area contributed by atoms with E-state index in [2.05, 4.69) is 0 Å². The Morgan fingerprint density at radius 2 is 2.00 bits per heavy atom. The molecule has 0 saturated carbocycles. The van der Waals surface area contributed by atoms with Crippen LogP contribution in [0.5, 0.6) is 0 Å². The molecule has 0 spiro atoms. The average Bonchev–Trinajstić information content (AvgIpc) is 2.86. The van der Waals surface area contributed by atoms with Gasteiger partial charge in [-0.3, -0.25) is 4.79 Å². The summed E-state index contributed by atoms with van der Waals surface area (Å²) < 4.78 is 18.9. The molecular weight excluding hydrogens is 279 g/mol. The van der Waals surface area contributed by atoms with E-state index in [4.69, 9.17) is 16.0 Å². The van der Waals surface area contributed by atoms with Gasteiger partial charge in [0.15, 0.2) is 17.2 Å². The van der Waals surface area contributed by atoms with E-state index in [0.29, 0.717) is 16.0 Å². The second kappa shape index (κ2) is 4.76. The van der Waals surface area contributed by atoms with Crippen molar-refractivity contribution in [3.63, 3.8) is 0 Å². The summed E-state index contributed by atoms with van der Waals surface area (Å²) in [6, 6.07) is 11.1. The second-order valence-corrected chi connectivity index (χ2v) is 4.97. The molecule has 2 nitrogen and oxygen atoms in total. The van der Waals surface area contributed by atoms with E-state index in [-0.39, 0.29) is 17.1 Å². The molecule has 100 valence electrons. The molecule has 0 aliphatic heterocycles. The van der Waals surface area contributed by atoms with Gasteiger partial charge in [0, 0.05) is 16.0 Å². The van der Waals surface area contributed by atoms with Crippen molar-refractivity contribution in [2.75, 3.05) is 0 Å². The number of fused-ring (bicyclic) bond motifs is 1. The molecule has 3 rings (SSSR count). The van der Waals surface area contributed by atoms with Crippen molar-refractivity contribution in [3.05, 3.63) is 70.2 Å². The largest absolute Gasteiger partial charge is 0.449 e. The van der Waals surface area contributed by atoms with Gasteiger partial charge in [-0.05, 0) is 42.8 Å². The minimum atomic E-state index is -0.478. The predicted molar refractivity (Wildman–Crippen MR) is 75.8 cm³/mol. The molecule has 1 heterocycles. The lowest BCUT2D eigenvalue weighted by Gasteiger charge is -2.01. The first-order chi connectivity index (χ1) is 9.56. The van der Waals surface area contributed by atoms with Gasteiger partial charge < -0.3 is 4.42 Å². The summed E-state index contributed by atoms with van der Waals surface area (Å²) in [5, 5.41) is 1.16. The Morgan fingerprint density at radius 3 is 2.70 bits per heavy atom. The summed E-state index contributed by atoms with van der Waals surface area (Å²) in [6.45, 7) is 1.82. The summed E-state index contributed by atoms with van der Waals surface area (Å²) in [5.41, 5.74) is 1.37. The van der Waals surface area contributed by atoms with Crippen molar-refractivity contribution in [1.29, 1.82) is 0 Å². The lowest BCUT2D eigenvalue weighted by Crippen LogP contribution is -1.99. The number of halogens is 2. The number of ketones is 1. The van der Waals surface area contributed by atoms with Gasteiger partial charge in [0.1, 0.15) is 0 Å². The Bertz CT molecular complexity index is 820. The van der Waals surface area contributed by atoms with E-state index in [9.17, 15) is 9.18 Å². The van der Waals surface area contributed by atoms with Gasteiger partial charge in [-0.1, -0.05) is 23.7 Å². The van der Waals surface area contributed by atoms with Crippen molar-refractivity contribution in [2.45, 2.75) is 6.92 Å². The molecule has 1 aromatic heterocycles. The maximum atomic E-state index is 13.6. The first-order valence-corrected chi connectivity index (χ1v) is 6.43. The van der Waals surface area contributed by atoms with Crippen LogP contribution in [0.2, 0.25) is 5.02 Å². The monoisotopic (exact) mass is 288 g/mol. The first kappa shape index (κ1) is 12.9. The molecular formula is C16H10ClFO2. The lowest BCUT2D eigenvalue weighted by molar-refractivity contribution is 0.101. The van der Waals surface area contributed by atoms with Crippen molar-refractivity contribution >= 4 is 28.4 Å². The normalized spacial score (nSPS) is 10.9. The third-order valence-electron chi connectivity index (χ3n) is 3.14. The van der Waals surface area contributed by atoms with Gasteiger partial charge in [0.25, 0.3) is 0 Å². The summed E-state index contributed by atoms with van der Waals surface area (Å²) in [7, 11) is 0. The summed E-state index contributed by atoms with van der Waals surface area (Å²) in [6.07, 6.45) is 0. The van der Waals surface area contributed by atoms with Crippen LogP contribution >= 0.6 is 11.6 Å². The third kappa shape index (κ3) is 2.10. The standard InChI is InChI=1S/C16H10ClFO2/c1-9-7-10(5-6-12(9)17)15(19)14-8-11-3-2-4-13(18)16(11)20-14/h2-8H,1H3. The zero-order valence-electron chi connectivity index (χ0n) is 10.6. The van der Waals surface area contributed by atoms with Crippen LogP contribution in [0.15, 0.2) is 46.9 Å². The summed E-state index contributed by atoms with van der Waals surface area (Å²) in [4.78, 5) is 12.3. The number of hydrogen-bond donors (Lipinski definition) is 0. The van der Waals surface area contributed by atoms with Crippen LogP contribution in [0.4, 0.5) is 4.39 Å². The van der Waals surface area contributed by atoms with Crippen LogP contribution in [0.1, 0.15) is 21.7 Å². The molecule has 0 atom stereocenters. The van der Waals surface area contributed by atoms with Crippen molar-refractivity contribution in [1.82, 2.24) is 0 Å². The van der Waals surface area contributed by atoms with E-state index in [1.54, 1.807) is 36.4 Å². The Hall–Kier alpha value is -2.13. The molecule has 3 aromatic rings. The maximum absolute atomic E-state index is 13.6. The van der Waals surface area contributed by atoms with Crippen LogP contribution in [0.25, 0.3) is 11.0 Å². The van der Waals surface area contributed by atoms with Crippen LogP contribution in [0.3, 0.4) is 0 Å². The van der Waals surface area contributed by atoms with Crippen LogP contribution in [-0.2, 0) is 0 Å². The number of carbonyl (C=O) groups is 1. The van der Waals surface area contributed by atoms with Gasteiger partial charge in [0.05, 0.1) is 0 Å². The van der Waals surface area contributed by atoms with E-state index >= 15 is 0 Å². The quantitative estimate of drug-likeness (QED) is 0.636. The van der Waals surface area contributed by atoms with Gasteiger partial charge in [-0.25, -0.2) is 4.39 Å². The zero-order chi connectivity index (χ0) is 14.3. The second-order valence-electron chi connectivity index (χ2n) is 4.56. The Labute approximate surface area is 119 Å². The van der Waals surface area contributed by atoms with E-state index in [0.717, 1.165) is 5.56 Å². The third-order valence-corrected chi connectivity index (χ3v) is 3.56. The van der Waals surface area contributed by atoms with Crippen LogP contribution in [0, 0.1) is 12.7 Å². The highest BCUT2D eigenvalue weighted by molar-refractivity contribution is 6.31. The van der Waals surface area contributed by atoms with Crippen molar-refractivity contribution in [2.24, 2.45) is 0 Å². The SMILES string of the molecule is Cc1cc(C(=O)c2cc3cccc(F)c3o2)ccc1Cl. The van der Waals surface area contributed by atoms with E-state index in [1.807, 2.05) is 6.92 Å². The fourth-order valence-electron chi connectivity index (χ4n) is 2.07. The Kier molecular flexibility index (Phi) is 3.07. The molecule has 0 unspecified atom stereocenters. The topological polar surface area (TPSA) is 30.2 Å². The Balaban J connectivity index is 2.08. The first-order valence-electron chi connectivity index (χ1n) is 6.05. The van der Waals surface area contributed by atoms with Gasteiger partial charge >= 0.3 is 0 Å². The molecule has 0 radical (unpaired) electrons. The number of benzene rings is 2. The lowest BCUT2D eigenvalue weighted by atomic mass is 10.1. The number of para-hydroxylation sites is 1. The smallest absolute Gasteiger partial charge is 0.228 e. The fraction of sp³-hybridized carbons (Fsp3) is 0.0625. The van der Waals surface area contributed by atoms with Gasteiger partial charge in [-0.15, -0.1) is 0 Å². The van der Waals surface area contributed by atoms with E-state index < -0.39 is 5.82 Å². The average molecular weight is 289 g/mol.